The topological polar surface area (TPSA) is 93.0 Å². The summed E-state index contributed by atoms with van der Waals surface area (Å²) in [7, 11) is -3.32. The molecule has 0 unspecified atom stereocenters. The quantitative estimate of drug-likeness (QED) is 0.555. The average molecular weight is 464 g/mol. The summed E-state index contributed by atoms with van der Waals surface area (Å²) in [5, 5.41) is 0.539. The Balaban J connectivity index is 1.68. The number of rotatable bonds is 6. The summed E-state index contributed by atoms with van der Waals surface area (Å²) in [5.74, 6) is 1.07. The Morgan fingerprint density at radius 1 is 1.23 bits per heavy atom. The van der Waals surface area contributed by atoms with Crippen LogP contribution in [0, 0.1) is 13.8 Å². The van der Waals surface area contributed by atoms with Gasteiger partial charge in [0.2, 0.25) is 0 Å². The van der Waals surface area contributed by atoms with Crippen LogP contribution in [-0.4, -0.2) is 69.9 Å². The molecule has 0 radical (unpaired) electrons. The van der Waals surface area contributed by atoms with E-state index in [0.717, 1.165) is 17.8 Å². The van der Waals surface area contributed by atoms with Crippen LogP contribution in [0.4, 0.5) is 5.13 Å². The number of furan rings is 1. The number of morpholine rings is 1. The Labute approximate surface area is 185 Å². The number of aryl methyl sites for hydroxylation is 2. The molecule has 31 heavy (non-hydrogen) atoms. The van der Waals surface area contributed by atoms with Crippen LogP contribution in [0.5, 0.6) is 0 Å². The molecule has 0 aliphatic carbocycles. The number of sulfone groups is 1. The Morgan fingerprint density at radius 2 is 1.97 bits per heavy atom. The number of nitrogens with zero attached hydrogens (tertiary/aromatic N) is 3. The van der Waals surface area contributed by atoms with E-state index in [1.807, 2.05) is 6.92 Å². The van der Waals surface area contributed by atoms with Crippen LogP contribution in [0.1, 0.15) is 21.9 Å². The van der Waals surface area contributed by atoms with Gasteiger partial charge in [-0.05, 0) is 38.1 Å². The fourth-order valence-corrected chi connectivity index (χ4v) is 5.33. The van der Waals surface area contributed by atoms with Gasteiger partial charge in [0.1, 0.15) is 11.5 Å². The van der Waals surface area contributed by atoms with E-state index in [1.54, 1.807) is 36.1 Å². The predicted molar refractivity (Wildman–Crippen MR) is 120 cm³/mol. The summed E-state index contributed by atoms with van der Waals surface area (Å²) in [6, 6.07) is 6.59. The third kappa shape index (κ3) is 4.82. The van der Waals surface area contributed by atoms with Crippen molar-refractivity contribution in [3.63, 3.8) is 0 Å². The maximum atomic E-state index is 13.4. The van der Waals surface area contributed by atoms with Crippen molar-refractivity contribution in [1.29, 1.82) is 0 Å². The molecule has 0 atom stereocenters. The van der Waals surface area contributed by atoms with Crippen LogP contribution in [0.15, 0.2) is 33.6 Å². The van der Waals surface area contributed by atoms with Gasteiger partial charge in [0.25, 0.3) is 5.91 Å². The van der Waals surface area contributed by atoms with Gasteiger partial charge < -0.3 is 9.15 Å². The first-order valence-corrected chi connectivity index (χ1v) is 12.7. The first-order chi connectivity index (χ1) is 14.7. The molecule has 1 aromatic carbocycles. The summed E-state index contributed by atoms with van der Waals surface area (Å²) in [6.07, 6.45) is 1.18. The minimum absolute atomic E-state index is 0.176. The molecular formula is C21H25N3O5S2. The van der Waals surface area contributed by atoms with Crippen molar-refractivity contribution in [2.75, 3.05) is 50.5 Å². The number of carbonyl (C=O) groups is 1. The highest BCUT2D eigenvalue weighted by Gasteiger charge is 2.26. The molecule has 0 spiro atoms. The van der Waals surface area contributed by atoms with Gasteiger partial charge in [-0.15, -0.1) is 0 Å². The molecule has 0 N–H and O–H groups in total. The molecule has 0 saturated carbocycles. The van der Waals surface area contributed by atoms with E-state index in [2.05, 4.69) is 9.88 Å². The highest BCUT2D eigenvalue weighted by atomic mass is 32.2. The molecule has 1 aliphatic rings. The molecule has 3 aromatic rings. The number of amides is 1. The van der Waals surface area contributed by atoms with Gasteiger partial charge in [-0.2, -0.15) is 0 Å². The normalized spacial score (nSPS) is 15.5. The largest absolute Gasteiger partial charge is 0.466 e. The molecular weight excluding hydrogens is 438 g/mol. The average Bonchev–Trinajstić information content (AvgIpc) is 3.29. The van der Waals surface area contributed by atoms with Gasteiger partial charge in [0, 0.05) is 32.4 Å². The molecule has 1 aliphatic heterocycles. The second kappa shape index (κ2) is 8.70. The Morgan fingerprint density at radius 3 is 2.61 bits per heavy atom. The second-order valence-electron chi connectivity index (χ2n) is 7.64. The van der Waals surface area contributed by atoms with Gasteiger partial charge in [-0.3, -0.25) is 14.6 Å². The van der Waals surface area contributed by atoms with Gasteiger partial charge >= 0.3 is 0 Å². The van der Waals surface area contributed by atoms with Crippen LogP contribution in [0.25, 0.3) is 10.2 Å². The van der Waals surface area contributed by atoms with E-state index in [4.69, 9.17) is 9.15 Å². The summed E-state index contributed by atoms with van der Waals surface area (Å²) in [4.78, 5) is 22.2. The van der Waals surface area contributed by atoms with E-state index in [1.165, 1.54) is 17.6 Å². The summed E-state index contributed by atoms with van der Waals surface area (Å²) < 4.78 is 35.5. The van der Waals surface area contributed by atoms with Crippen LogP contribution in [0.3, 0.4) is 0 Å². The van der Waals surface area contributed by atoms with E-state index in [0.29, 0.717) is 54.0 Å². The van der Waals surface area contributed by atoms with Crippen molar-refractivity contribution in [2.45, 2.75) is 18.7 Å². The molecule has 3 heterocycles. The Kier molecular flexibility index (Phi) is 6.16. The minimum Gasteiger partial charge on any atom is -0.466 e. The molecule has 2 aromatic heterocycles. The van der Waals surface area contributed by atoms with E-state index >= 15 is 0 Å². The SMILES string of the molecule is Cc1cc(C(=O)N(CCN2CCOCC2)c2nc3ccc(S(C)(=O)=O)cc3s2)c(C)o1. The van der Waals surface area contributed by atoms with E-state index in [-0.39, 0.29) is 10.8 Å². The molecule has 4 rings (SSSR count). The number of anilines is 1. The van der Waals surface area contributed by atoms with Crippen LogP contribution in [-0.2, 0) is 14.6 Å². The molecule has 1 saturated heterocycles. The fourth-order valence-electron chi connectivity index (χ4n) is 3.58. The van der Waals surface area contributed by atoms with Gasteiger partial charge in [0.15, 0.2) is 15.0 Å². The van der Waals surface area contributed by atoms with Gasteiger partial charge in [-0.25, -0.2) is 13.4 Å². The number of aromatic nitrogens is 1. The summed E-state index contributed by atoms with van der Waals surface area (Å²) in [5.41, 5.74) is 1.17. The second-order valence-corrected chi connectivity index (χ2v) is 10.7. The standard InChI is InChI=1S/C21H25N3O5S2/c1-14-12-17(15(2)29-14)20(25)24(7-6-23-8-10-28-11-9-23)21-22-18-5-4-16(31(3,26)27)13-19(18)30-21/h4-5,12-13H,6-11H2,1-3H3. The Hall–Kier alpha value is -2.27. The predicted octanol–water partition coefficient (Wildman–Crippen LogP) is 2.89. The smallest absolute Gasteiger partial charge is 0.263 e. The highest BCUT2D eigenvalue weighted by molar-refractivity contribution is 7.90. The van der Waals surface area contributed by atoms with Crippen LogP contribution in [0.2, 0.25) is 0 Å². The highest BCUT2D eigenvalue weighted by Crippen LogP contribution is 2.32. The monoisotopic (exact) mass is 463 g/mol. The molecule has 0 bridgehead atoms. The molecule has 1 fully saturated rings. The lowest BCUT2D eigenvalue weighted by Gasteiger charge is -2.29. The molecule has 166 valence electrons. The van der Waals surface area contributed by atoms with Crippen LogP contribution >= 0.6 is 11.3 Å². The van der Waals surface area contributed by atoms with Crippen molar-refractivity contribution < 1.29 is 22.4 Å². The van der Waals surface area contributed by atoms with Crippen LogP contribution < -0.4 is 4.90 Å². The molecule has 1 amide bonds. The van der Waals surface area contributed by atoms with Crippen molar-refractivity contribution in [1.82, 2.24) is 9.88 Å². The number of fused-ring (bicyclic) bond motifs is 1. The number of carbonyl (C=O) groups excluding carboxylic acids is 1. The molecule has 8 nitrogen and oxygen atoms in total. The minimum atomic E-state index is -3.32. The maximum absolute atomic E-state index is 13.4. The number of thiazole rings is 1. The fraction of sp³-hybridized carbons (Fsp3) is 0.429. The lowest BCUT2D eigenvalue weighted by Crippen LogP contribution is -2.43. The lowest BCUT2D eigenvalue weighted by molar-refractivity contribution is 0.0391. The van der Waals surface area contributed by atoms with E-state index < -0.39 is 9.84 Å². The number of hydrogen-bond acceptors (Lipinski definition) is 8. The van der Waals surface area contributed by atoms with Gasteiger partial charge in [-0.1, -0.05) is 11.3 Å². The third-order valence-corrected chi connectivity index (χ3v) is 7.42. The van der Waals surface area contributed by atoms with Gasteiger partial charge in [0.05, 0.1) is 33.9 Å². The zero-order valence-corrected chi connectivity index (χ0v) is 19.4. The summed E-state index contributed by atoms with van der Waals surface area (Å²) >= 11 is 1.31. The third-order valence-electron chi connectivity index (χ3n) is 5.27. The summed E-state index contributed by atoms with van der Waals surface area (Å²) in [6.45, 7) is 7.75. The maximum Gasteiger partial charge on any atom is 0.263 e. The first kappa shape index (κ1) is 21.9. The van der Waals surface area contributed by atoms with Crippen molar-refractivity contribution >= 4 is 42.4 Å². The number of hydrogen-bond donors (Lipinski definition) is 0. The zero-order valence-electron chi connectivity index (χ0n) is 17.8. The van der Waals surface area contributed by atoms with E-state index in [9.17, 15) is 13.2 Å². The Bertz CT molecular complexity index is 1210. The zero-order chi connectivity index (χ0) is 22.2. The lowest BCUT2D eigenvalue weighted by atomic mass is 10.2. The molecule has 10 heteroatoms. The number of ether oxygens (including phenoxy) is 1. The van der Waals surface area contributed by atoms with Crippen molar-refractivity contribution in [2.24, 2.45) is 0 Å². The van der Waals surface area contributed by atoms with Crippen molar-refractivity contribution in [3.05, 3.63) is 41.3 Å². The van der Waals surface area contributed by atoms with Crippen molar-refractivity contribution in [3.8, 4) is 0 Å². The number of benzene rings is 1. The first-order valence-electron chi connectivity index (χ1n) is 10.0.